The first-order valence-electron chi connectivity index (χ1n) is 6.15. The Bertz CT molecular complexity index is 607. The highest BCUT2D eigenvalue weighted by Gasteiger charge is 2.16. The molecule has 0 aromatic heterocycles. The smallest absolute Gasteiger partial charge is 0.161 e. The Morgan fingerprint density at radius 3 is 2.40 bits per heavy atom. The van der Waals surface area contributed by atoms with Gasteiger partial charge >= 0.3 is 0 Å². The summed E-state index contributed by atoms with van der Waals surface area (Å²) in [4.78, 5) is 11.0. The molecule has 20 heavy (non-hydrogen) atoms. The van der Waals surface area contributed by atoms with Gasteiger partial charge in [0, 0.05) is 5.56 Å². The number of aliphatic hydroxyl groups excluding tert-OH is 1. The lowest BCUT2D eigenvalue weighted by molar-refractivity contribution is 0.111. The molecular weight excluding hydrogens is 256 g/mol. The molecule has 0 aliphatic rings. The minimum atomic E-state index is -0.892. The van der Waals surface area contributed by atoms with Crippen molar-refractivity contribution >= 4 is 6.29 Å². The predicted molar refractivity (Wildman–Crippen MR) is 75.4 cm³/mol. The van der Waals surface area contributed by atoms with Crippen LogP contribution < -0.4 is 9.47 Å². The van der Waals surface area contributed by atoms with Gasteiger partial charge in [0.05, 0.1) is 14.2 Å². The van der Waals surface area contributed by atoms with Crippen LogP contribution in [-0.2, 0) is 0 Å². The van der Waals surface area contributed by atoms with E-state index in [9.17, 15) is 9.90 Å². The Morgan fingerprint density at radius 1 is 1.05 bits per heavy atom. The zero-order valence-corrected chi connectivity index (χ0v) is 11.4. The Kier molecular flexibility index (Phi) is 4.38. The molecule has 0 aliphatic carbocycles. The molecule has 0 radical (unpaired) electrons. The van der Waals surface area contributed by atoms with Gasteiger partial charge in [-0.05, 0) is 23.3 Å². The van der Waals surface area contributed by atoms with Gasteiger partial charge in [0.2, 0.25) is 0 Å². The van der Waals surface area contributed by atoms with E-state index in [1.807, 2.05) is 0 Å². The second-order valence-electron chi connectivity index (χ2n) is 4.26. The highest BCUT2D eigenvalue weighted by atomic mass is 16.5. The molecule has 0 bridgehead atoms. The Hall–Kier alpha value is -2.33. The molecule has 4 nitrogen and oxygen atoms in total. The third-order valence-electron chi connectivity index (χ3n) is 3.14. The molecule has 1 atom stereocenters. The van der Waals surface area contributed by atoms with Crippen molar-refractivity contribution in [2.75, 3.05) is 14.2 Å². The van der Waals surface area contributed by atoms with Crippen LogP contribution in [0.2, 0.25) is 0 Å². The normalized spacial score (nSPS) is 11.8. The third-order valence-corrected chi connectivity index (χ3v) is 3.14. The summed E-state index contributed by atoms with van der Waals surface area (Å²) >= 11 is 0. The van der Waals surface area contributed by atoms with E-state index in [1.54, 1.807) is 49.6 Å². The van der Waals surface area contributed by atoms with Crippen molar-refractivity contribution in [1.82, 2.24) is 0 Å². The Balaban J connectivity index is 2.42. The van der Waals surface area contributed by atoms with Gasteiger partial charge in [-0.25, -0.2) is 0 Å². The van der Waals surface area contributed by atoms with E-state index in [0.29, 0.717) is 28.2 Å². The van der Waals surface area contributed by atoms with E-state index in [-0.39, 0.29) is 0 Å². The van der Waals surface area contributed by atoms with E-state index >= 15 is 0 Å². The maximum atomic E-state index is 11.0. The topological polar surface area (TPSA) is 55.8 Å². The first-order chi connectivity index (χ1) is 9.71. The van der Waals surface area contributed by atoms with Crippen molar-refractivity contribution in [1.29, 1.82) is 0 Å². The van der Waals surface area contributed by atoms with Crippen molar-refractivity contribution in [2.45, 2.75) is 6.10 Å². The van der Waals surface area contributed by atoms with Crippen molar-refractivity contribution < 1.29 is 19.4 Å². The van der Waals surface area contributed by atoms with Crippen LogP contribution in [0.5, 0.6) is 11.5 Å². The summed E-state index contributed by atoms with van der Waals surface area (Å²) < 4.78 is 10.4. The summed E-state index contributed by atoms with van der Waals surface area (Å²) in [6.07, 6.45) is -0.157. The molecule has 2 aromatic rings. The zero-order valence-electron chi connectivity index (χ0n) is 11.4. The maximum absolute atomic E-state index is 11.0. The van der Waals surface area contributed by atoms with E-state index in [1.165, 1.54) is 7.11 Å². The number of aldehydes is 1. The lowest BCUT2D eigenvalue weighted by Crippen LogP contribution is -2.04. The van der Waals surface area contributed by atoms with Crippen molar-refractivity contribution in [3.05, 3.63) is 59.2 Å². The molecule has 4 heteroatoms. The van der Waals surface area contributed by atoms with E-state index in [2.05, 4.69) is 0 Å². The molecule has 1 unspecified atom stereocenters. The fourth-order valence-electron chi connectivity index (χ4n) is 2.07. The highest BCUT2D eigenvalue weighted by molar-refractivity contribution is 5.77. The van der Waals surface area contributed by atoms with E-state index in [4.69, 9.17) is 9.47 Å². The van der Waals surface area contributed by atoms with E-state index in [0.717, 1.165) is 6.29 Å². The fraction of sp³-hybridized carbons (Fsp3) is 0.188. The number of benzene rings is 2. The molecule has 0 heterocycles. The van der Waals surface area contributed by atoms with Crippen LogP contribution in [0.3, 0.4) is 0 Å². The van der Waals surface area contributed by atoms with Crippen LogP contribution in [0, 0.1) is 0 Å². The summed E-state index contributed by atoms with van der Waals surface area (Å²) in [5.74, 6) is 1.12. The zero-order chi connectivity index (χ0) is 14.5. The molecule has 2 aromatic carbocycles. The number of carbonyl (C=O) groups is 1. The van der Waals surface area contributed by atoms with Gasteiger partial charge in [0.25, 0.3) is 0 Å². The summed E-state index contributed by atoms with van der Waals surface area (Å²) in [7, 11) is 3.09. The molecule has 104 valence electrons. The predicted octanol–water partition coefficient (Wildman–Crippen LogP) is 2.60. The van der Waals surface area contributed by atoms with Crippen LogP contribution in [0.4, 0.5) is 0 Å². The molecule has 0 fully saturated rings. The van der Waals surface area contributed by atoms with Gasteiger partial charge in [-0.15, -0.1) is 0 Å². The average molecular weight is 272 g/mol. The van der Waals surface area contributed by atoms with Crippen LogP contribution >= 0.6 is 0 Å². The summed E-state index contributed by atoms with van der Waals surface area (Å²) in [6, 6.07) is 12.1. The maximum Gasteiger partial charge on any atom is 0.161 e. The number of hydrogen-bond donors (Lipinski definition) is 1. The molecule has 0 saturated heterocycles. The molecule has 0 saturated carbocycles. The molecule has 0 spiro atoms. The lowest BCUT2D eigenvalue weighted by atomic mass is 9.97. The SMILES string of the molecule is COc1ccc(C(O)c2ccccc2C=O)cc1OC. The van der Waals surface area contributed by atoms with Gasteiger partial charge in [-0.1, -0.05) is 30.3 Å². The molecule has 0 amide bonds. The minimum absolute atomic E-state index is 0.467. The van der Waals surface area contributed by atoms with Crippen molar-refractivity contribution in [3.8, 4) is 11.5 Å². The van der Waals surface area contributed by atoms with Gasteiger partial charge in [-0.3, -0.25) is 4.79 Å². The van der Waals surface area contributed by atoms with Crippen LogP contribution in [0.1, 0.15) is 27.6 Å². The number of methoxy groups -OCH3 is 2. The Morgan fingerprint density at radius 2 is 1.75 bits per heavy atom. The first kappa shape index (κ1) is 14.1. The van der Waals surface area contributed by atoms with Crippen molar-refractivity contribution in [3.63, 3.8) is 0 Å². The van der Waals surface area contributed by atoms with Crippen LogP contribution in [0.15, 0.2) is 42.5 Å². The van der Waals surface area contributed by atoms with Gasteiger partial charge < -0.3 is 14.6 Å². The van der Waals surface area contributed by atoms with Crippen molar-refractivity contribution in [2.24, 2.45) is 0 Å². The standard InChI is InChI=1S/C16H16O4/c1-19-14-8-7-11(9-15(14)20-2)16(18)13-6-4-3-5-12(13)10-17/h3-10,16,18H,1-2H3. The van der Waals surface area contributed by atoms with Gasteiger partial charge in [-0.2, -0.15) is 0 Å². The first-order valence-corrected chi connectivity index (χ1v) is 6.15. The summed E-state index contributed by atoms with van der Waals surface area (Å²) in [6.45, 7) is 0. The number of ether oxygens (including phenoxy) is 2. The lowest BCUT2D eigenvalue weighted by Gasteiger charge is -2.15. The monoisotopic (exact) mass is 272 g/mol. The molecule has 2 rings (SSSR count). The second kappa shape index (κ2) is 6.21. The van der Waals surface area contributed by atoms with Gasteiger partial charge in [0.15, 0.2) is 11.5 Å². The van der Waals surface area contributed by atoms with Crippen LogP contribution in [0.25, 0.3) is 0 Å². The quantitative estimate of drug-likeness (QED) is 0.850. The third kappa shape index (κ3) is 2.65. The number of hydrogen-bond acceptors (Lipinski definition) is 4. The molecule has 0 aliphatic heterocycles. The summed E-state index contributed by atoms with van der Waals surface area (Å²) in [5, 5.41) is 10.4. The number of rotatable bonds is 5. The van der Waals surface area contributed by atoms with Crippen LogP contribution in [-0.4, -0.2) is 25.6 Å². The largest absolute Gasteiger partial charge is 0.493 e. The highest BCUT2D eigenvalue weighted by Crippen LogP contribution is 2.32. The number of aliphatic hydroxyl groups is 1. The minimum Gasteiger partial charge on any atom is -0.493 e. The number of carbonyl (C=O) groups excluding carboxylic acids is 1. The fourth-order valence-corrected chi connectivity index (χ4v) is 2.07. The molecular formula is C16H16O4. The Labute approximate surface area is 117 Å². The average Bonchev–Trinajstić information content (AvgIpc) is 2.53. The van der Waals surface area contributed by atoms with Gasteiger partial charge in [0.1, 0.15) is 12.4 Å². The second-order valence-corrected chi connectivity index (χ2v) is 4.26. The van der Waals surface area contributed by atoms with E-state index < -0.39 is 6.10 Å². The summed E-state index contributed by atoms with van der Waals surface area (Å²) in [5.41, 5.74) is 1.67. The molecule has 1 N–H and O–H groups in total.